The third-order valence-electron chi connectivity index (χ3n) is 6.63. The van der Waals surface area contributed by atoms with Crippen molar-refractivity contribution in [1.82, 2.24) is 19.5 Å². The quantitative estimate of drug-likeness (QED) is 0.857. The number of nitrogens with one attached hydrogen (secondary N) is 1. The van der Waals surface area contributed by atoms with Crippen molar-refractivity contribution in [3.63, 3.8) is 0 Å². The molecule has 4 saturated heterocycles. The predicted molar refractivity (Wildman–Crippen MR) is 114 cm³/mol. The van der Waals surface area contributed by atoms with E-state index >= 15 is 0 Å². The number of aromatic nitrogens is 1. The molecule has 1 aromatic carbocycles. The molecular weight excluding hydrogens is 370 g/mol. The van der Waals surface area contributed by atoms with Crippen molar-refractivity contribution in [3.8, 4) is 0 Å². The lowest BCUT2D eigenvalue weighted by atomic mass is 9.86. The number of anilines is 1. The van der Waals surface area contributed by atoms with Crippen LogP contribution in [0.4, 0.5) is 5.69 Å². The molecular formula is C21H28N5OS. The van der Waals surface area contributed by atoms with Gasteiger partial charge in [0, 0.05) is 49.7 Å². The van der Waals surface area contributed by atoms with Gasteiger partial charge in [0.1, 0.15) is 5.69 Å². The average Bonchev–Trinajstić information content (AvgIpc) is 3.36. The third kappa shape index (κ3) is 3.29. The van der Waals surface area contributed by atoms with Crippen molar-refractivity contribution < 1.29 is 4.79 Å². The molecule has 2 atom stereocenters. The summed E-state index contributed by atoms with van der Waals surface area (Å²) in [7, 11) is 4.30. The number of hydrogen-bond acceptors (Lipinski definition) is 6. The van der Waals surface area contributed by atoms with Crippen LogP contribution < -0.4 is 10.2 Å². The highest BCUT2D eigenvalue weighted by Crippen LogP contribution is 2.32. The van der Waals surface area contributed by atoms with Gasteiger partial charge in [-0.15, -0.1) is 0 Å². The second kappa shape index (κ2) is 7.28. The van der Waals surface area contributed by atoms with Crippen LogP contribution in [0.15, 0.2) is 18.2 Å². The summed E-state index contributed by atoms with van der Waals surface area (Å²) in [5, 5.41) is 4.16. The Balaban J connectivity index is 1.32. The standard InChI is InChI=1S/C21H28N5OS/c1-24(2)16-7-10-26(13-16)15-3-4-17-18(12-15)28-23-20(17)21(27)22-19-11-14-5-8-25(19)9-6-14/h3-4,11-12,14,16,19H,5-10,13H2,1-2H3,(H,22,27)/t16-,19+/m1/s1. The number of hydrogen-bond donors (Lipinski definition) is 1. The summed E-state index contributed by atoms with van der Waals surface area (Å²) >= 11 is 1.43. The van der Waals surface area contributed by atoms with Gasteiger partial charge in [-0.3, -0.25) is 9.69 Å². The Morgan fingerprint density at radius 2 is 2.04 bits per heavy atom. The Bertz CT molecular complexity index is 873. The first kappa shape index (κ1) is 18.3. The number of benzene rings is 1. The van der Waals surface area contributed by atoms with Crippen molar-refractivity contribution in [3.05, 3.63) is 30.3 Å². The zero-order chi connectivity index (χ0) is 19.3. The Morgan fingerprint density at radius 1 is 1.21 bits per heavy atom. The van der Waals surface area contributed by atoms with E-state index in [1.807, 2.05) is 0 Å². The average molecular weight is 399 g/mol. The first-order valence-corrected chi connectivity index (χ1v) is 11.1. The van der Waals surface area contributed by atoms with E-state index < -0.39 is 0 Å². The minimum atomic E-state index is -0.0540. The van der Waals surface area contributed by atoms with Gasteiger partial charge in [-0.25, -0.2) is 0 Å². The molecule has 4 aliphatic rings. The molecule has 4 fully saturated rings. The van der Waals surface area contributed by atoms with Crippen molar-refractivity contribution in [2.45, 2.75) is 31.5 Å². The molecule has 0 aliphatic carbocycles. The fourth-order valence-corrected chi connectivity index (χ4v) is 5.60. The smallest absolute Gasteiger partial charge is 0.272 e. The summed E-state index contributed by atoms with van der Waals surface area (Å²) in [5.74, 6) is 0.595. The second-order valence-corrected chi connectivity index (χ2v) is 9.35. The molecule has 1 radical (unpaired) electrons. The van der Waals surface area contributed by atoms with E-state index in [4.69, 9.17) is 0 Å². The molecule has 2 aromatic rings. The molecule has 28 heavy (non-hydrogen) atoms. The van der Waals surface area contributed by atoms with Crippen LogP contribution in [-0.4, -0.2) is 72.6 Å². The van der Waals surface area contributed by atoms with Crippen LogP contribution in [0, 0.1) is 12.3 Å². The highest BCUT2D eigenvalue weighted by atomic mass is 32.1. The molecule has 1 amide bonds. The summed E-state index contributed by atoms with van der Waals surface area (Å²) in [6.07, 6.45) is 5.99. The Morgan fingerprint density at radius 3 is 2.71 bits per heavy atom. The van der Waals surface area contributed by atoms with E-state index in [2.05, 4.69) is 63.1 Å². The van der Waals surface area contributed by atoms with Crippen molar-refractivity contribution >= 4 is 33.2 Å². The number of amides is 1. The number of carbonyl (C=O) groups excluding carboxylic acids is 1. The lowest BCUT2D eigenvalue weighted by Gasteiger charge is -2.45. The summed E-state index contributed by atoms with van der Waals surface area (Å²) in [6, 6.07) is 7.02. The zero-order valence-electron chi connectivity index (χ0n) is 16.6. The van der Waals surface area contributed by atoms with E-state index in [-0.39, 0.29) is 12.1 Å². The van der Waals surface area contributed by atoms with Crippen LogP contribution in [0.1, 0.15) is 29.8 Å². The molecule has 149 valence electrons. The fraction of sp³-hybridized carbons (Fsp3) is 0.571. The predicted octanol–water partition coefficient (Wildman–Crippen LogP) is 2.42. The van der Waals surface area contributed by atoms with Gasteiger partial charge in [-0.1, -0.05) is 0 Å². The van der Waals surface area contributed by atoms with Gasteiger partial charge >= 0.3 is 0 Å². The Hall–Kier alpha value is -1.70. The first-order valence-electron chi connectivity index (χ1n) is 10.3. The van der Waals surface area contributed by atoms with Crippen LogP contribution >= 0.6 is 11.5 Å². The topological polar surface area (TPSA) is 51.7 Å². The van der Waals surface area contributed by atoms with Crippen LogP contribution in [-0.2, 0) is 0 Å². The summed E-state index contributed by atoms with van der Waals surface area (Å²) in [6.45, 7) is 4.29. The maximum Gasteiger partial charge on any atom is 0.272 e. The van der Waals surface area contributed by atoms with Crippen LogP contribution in [0.2, 0.25) is 0 Å². The molecule has 0 unspecified atom stereocenters. The van der Waals surface area contributed by atoms with Gasteiger partial charge in [0.2, 0.25) is 0 Å². The van der Waals surface area contributed by atoms with E-state index in [1.54, 1.807) is 0 Å². The molecule has 1 N–H and O–H groups in total. The molecule has 4 aliphatic heterocycles. The summed E-state index contributed by atoms with van der Waals surface area (Å²) < 4.78 is 5.59. The largest absolute Gasteiger partial charge is 0.370 e. The minimum absolute atomic E-state index is 0.0540. The molecule has 6 nitrogen and oxygen atoms in total. The van der Waals surface area contributed by atoms with Crippen LogP contribution in [0.25, 0.3) is 10.1 Å². The molecule has 6 rings (SSSR count). The van der Waals surface area contributed by atoms with Crippen LogP contribution in [0.5, 0.6) is 0 Å². The number of nitrogens with zero attached hydrogens (tertiary/aromatic N) is 4. The fourth-order valence-electron chi connectivity index (χ4n) is 4.80. The molecule has 2 bridgehead atoms. The molecule has 1 aromatic heterocycles. The maximum absolute atomic E-state index is 12.9. The Kier molecular flexibility index (Phi) is 4.77. The number of rotatable bonds is 4. The maximum atomic E-state index is 12.9. The highest BCUT2D eigenvalue weighted by molar-refractivity contribution is 7.13. The molecule has 5 heterocycles. The van der Waals surface area contributed by atoms with E-state index in [1.165, 1.54) is 36.5 Å². The van der Waals surface area contributed by atoms with Gasteiger partial charge in [0.05, 0.1) is 10.9 Å². The van der Waals surface area contributed by atoms with Crippen molar-refractivity contribution in [2.75, 3.05) is 45.2 Å². The van der Waals surface area contributed by atoms with Gasteiger partial charge < -0.3 is 15.1 Å². The monoisotopic (exact) mass is 398 g/mol. The number of carbonyl (C=O) groups is 1. The number of piperidine rings is 3. The summed E-state index contributed by atoms with van der Waals surface area (Å²) in [4.78, 5) is 20.0. The molecule has 0 saturated carbocycles. The number of fused-ring (bicyclic) bond motifs is 4. The molecule has 7 heteroatoms. The van der Waals surface area contributed by atoms with E-state index in [9.17, 15) is 4.79 Å². The second-order valence-electron chi connectivity index (χ2n) is 8.55. The first-order chi connectivity index (χ1) is 13.6. The minimum Gasteiger partial charge on any atom is -0.370 e. The lowest BCUT2D eigenvalue weighted by Crippen LogP contribution is -2.57. The highest BCUT2D eigenvalue weighted by Gasteiger charge is 2.35. The molecule has 0 spiro atoms. The van der Waals surface area contributed by atoms with Crippen molar-refractivity contribution in [2.24, 2.45) is 5.92 Å². The number of likely N-dealkylation sites (N-methyl/N-ethyl adjacent to an activating group) is 1. The third-order valence-corrected chi connectivity index (χ3v) is 7.44. The van der Waals surface area contributed by atoms with E-state index in [0.717, 1.165) is 36.3 Å². The van der Waals surface area contributed by atoms with E-state index in [0.29, 0.717) is 17.7 Å². The summed E-state index contributed by atoms with van der Waals surface area (Å²) in [5.41, 5.74) is 1.80. The van der Waals surface area contributed by atoms with Gasteiger partial charge in [0.25, 0.3) is 5.91 Å². The van der Waals surface area contributed by atoms with Gasteiger partial charge in [0.15, 0.2) is 0 Å². The SMILES string of the molecule is CN(C)[C@@H]1CCN(c2ccc3c(C(=O)N[C@@H]4[CH]C5CCN4CC5)nsc3c2)C1. The van der Waals surface area contributed by atoms with Gasteiger partial charge in [-0.2, -0.15) is 4.37 Å². The van der Waals surface area contributed by atoms with Gasteiger partial charge in [-0.05, 0) is 69.0 Å². The van der Waals surface area contributed by atoms with Crippen molar-refractivity contribution in [1.29, 1.82) is 0 Å². The Labute approximate surface area is 170 Å². The lowest BCUT2D eigenvalue weighted by molar-refractivity contribution is 0.0638. The zero-order valence-corrected chi connectivity index (χ0v) is 17.4. The van der Waals surface area contributed by atoms with Crippen LogP contribution in [0.3, 0.4) is 0 Å². The normalized spacial score (nSPS) is 29.8.